The van der Waals surface area contributed by atoms with Crippen LogP contribution in [-0.4, -0.2) is 22.1 Å². The number of methoxy groups -OCH3 is 1. The van der Waals surface area contributed by atoms with Crippen LogP contribution in [0.3, 0.4) is 0 Å². The van der Waals surface area contributed by atoms with Crippen molar-refractivity contribution in [3.8, 4) is 5.75 Å². The van der Waals surface area contributed by atoms with Gasteiger partial charge in [0.15, 0.2) is 9.04 Å². The van der Waals surface area contributed by atoms with Crippen LogP contribution in [0.25, 0.3) is 0 Å². The van der Waals surface area contributed by atoms with Gasteiger partial charge in [0, 0.05) is 5.56 Å². The summed E-state index contributed by atoms with van der Waals surface area (Å²) >= 11 is 0. The smallest absolute Gasteiger partial charge is 0.351 e. The number of benzene rings is 2. The lowest BCUT2D eigenvalue weighted by Gasteiger charge is -2.28. The Kier molecular flexibility index (Phi) is 8.68. The van der Waals surface area contributed by atoms with Crippen molar-refractivity contribution in [3.63, 3.8) is 0 Å². The molecule has 0 saturated heterocycles. The predicted molar refractivity (Wildman–Crippen MR) is 125 cm³/mol. The van der Waals surface area contributed by atoms with Gasteiger partial charge in [-0.25, -0.2) is 4.79 Å². The predicted octanol–water partition coefficient (Wildman–Crippen LogP) is 5.73. The summed E-state index contributed by atoms with van der Waals surface area (Å²) in [5, 5.41) is 0. The Hall–Kier alpha value is -2.11. The second kappa shape index (κ2) is 10.8. The molecule has 0 aliphatic rings. The zero-order valence-electron chi connectivity index (χ0n) is 19.5. The highest BCUT2D eigenvalue weighted by Crippen LogP contribution is 2.36. The summed E-state index contributed by atoms with van der Waals surface area (Å²) in [7, 11) is 0.208. The second-order valence-corrected chi connectivity index (χ2v) is 11.3. The molecule has 4 nitrogen and oxygen atoms in total. The van der Waals surface area contributed by atoms with Gasteiger partial charge < -0.3 is 13.9 Å². The quantitative estimate of drug-likeness (QED) is 0.378. The molecule has 1 unspecified atom stereocenters. The van der Waals surface area contributed by atoms with E-state index in [2.05, 4.69) is 46.9 Å². The lowest BCUT2D eigenvalue weighted by atomic mass is 9.81. The van der Waals surface area contributed by atoms with Crippen LogP contribution in [0.1, 0.15) is 62.5 Å². The summed E-state index contributed by atoms with van der Waals surface area (Å²) in [5.41, 5.74) is 4.35. The second-order valence-electron chi connectivity index (χ2n) is 8.86. The summed E-state index contributed by atoms with van der Waals surface area (Å²) in [6, 6.07) is 13.6. The zero-order chi connectivity index (χ0) is 22.3. The van der Waals surface area contributed by atoms with E-state index in [4.69, 9.17) is 13.9 Å². The minimum Gasteiger partial charge on any atom is -0.474 e. The van der Waals surface area contributed by atoms with Gasteiger partial charge in [0.1, 0.15) is 5.75 Å². The first-order valence-electron chi connectivity index (χ1n) is 10.7. The van der Waals surface area contributed by atoms with Gasteiger partial charge in [-0.15, -0.1) is 0 Å². The highest BCUT2D eigenvalue weighted by atomic mass is 28.3. The van der Waals surface area contributed by atoms with Gasteiger partial charge in [0.25, 0.3) is 0 Å². The van der Waals surface area contributed by atoms with Crippen molar-refractivity contribution in [1.82, 2.24) is 0 Å². The van der Waals surface area contributed by atoms with Crippen LogP contribution >= 0.6 is 0 Å². The number of hydrogen-bond acceptors (Lipinski definition) is 4. The molecular formula is C25H36O4Si. The van der Waals surface area contributed by atoms with Gasteiger partial charge in [-0.3, -0.25) is 0 Å². The first-order valence-corrected chi connectivity index (χ1v) is 13.5. The third-order valence-corrected chi connectivity index (χ3v) is 5.85. The molecule has 5 heteroatoms. The fraction of sp³-hybridized carbons (Fsp3) is 0.480. The van der Waals surface area contributed by atoms with Crippen LogP contribution in [0, 0.1) is 0 Å². The van der Waals surface area contributed by atoms with Crippen molar-refractivity contribution in [1.29, 1.82) is 0 Å². The molecule has 30 heavy (non-hydrogen) atoms. The molecule has 0 saturated carbocycles. The molecule has 0 radical (unpaired) electrons. The third kappa shape index (κ3) is 6.19. The Morgan fingerprint density at radius 3 is 2.23 bits per heavy atom. The van der Waals surface area contributed by atoms with E-state index in [0.717, 1.165) is 29.7 Å². The van der Waals surface area contributed by atoms with Crippen LogP contribution in [0.15, 0.2) is 42.5 Å². The van der Waals surface area contributed by atoms with Crippen LogP contribution in [0.2, 0.25) is 13.1 Å². The fourth-order valence-corrected chi connectivity index (χ4v) is 4.04. The van der Waals surface area contributed by atoms with E-state index in [1.807, 2.05) is 36.4 Å². The van der Waals surface area contributed by atoms with E-state index in [0.29, 0.717) is 6.61 Å². The van der Waals surface area contributed by atoms with E-state index < -0.39 is 21.1 Å². The number of hydrogen-bond donors (Lipinski definition) is 0. The van der Waals surface area contributed by atoms with Crippen molar-refractivity contribution in [3.05, 3.63) is 64.7 Å². The van der Waals surface area contributed by atoms with Crippen molar-refractivity contribution < 1.29 is 18.7 Å². The molecule has 2 aromatic rings. The number of carbonyl (C=O) groups is 1. The van der Waals surface area contributed by atoms with Crippen LogP contribution in [0.4, 0.5) is 0 Å². The molecule has 0 spiro atoms. The Bertz CT molecular complexity index is 825. The van der Waals surface area contributed by atoms with Crippen molar-refractivity contribution in [2.45, 2.75) is 71.8 Å². The van der Waals surface area contributed by atoms with Crippen molar-refractivity contribution in [2.24, 2.45) is 0 Å². The summed E-state index contributed by atoms with van der Waals surface area (Å²) in [4.78, 5) is 12.5. The summed E-state index contributed by atoms with van der Waals surface area (Å²) in [5.74, 6) is 0.323. The summed E-state index contributed by atoms with van der Waals surface area (Å²) in [6.07, 6.45) is 1.03. The molecule has 2 rings (SSSR count). The molecule has 0 aliphatic carbocycles. The lowest BCUT2D eigenvalue weighted by Crippen LogP contribution is -2.22. The third-order valence-electron chi connectivity index (χ3n) is 5.02. The van der Waals surface area contributed by atoms with Gasteiger partial charge in [-0.05, 0) is 47.7 Å². The monoisotopic (exact) mass is 428 g/mol. The van der Waals surface area contributed by atoms with E-state index in [-0.39, 0.29) is 5.41 Å². The SMILES string of the molecule is CCCc1c(OC(C(=O)OC)c2ccccc2)ccc(C(C)(C)C)c1CO[SiH](C)C. The first-order chi connectivity index (χ1) is 14.2. The molecule has 0 fully saturated rings. The van der Waals surface area contributed by atoms with E-state index >= 15 is 0 Å². The van der Waals surface area contributed by atoms with Gasteiger partial charge >= 0.3 is 5.97 Å². The van der Waals surface area contributed by atoms with Gasteiger partial charge in [0.2, 0.25) is 6.10 Å². The van der Waals surface area contributed by atoms with Gasteiger partial charge in [-0.1, -0.05) is 70.5 Å². The molecule has 0 heterocycles. The molecule has 2 aromatic carbocycles. The minimum absolute atomic E-state index is 0.0145. The number of carbonyl (C=O) groups excluding carboxylic acids is 1. The molecule has 1 atom stereocenters. The summed E-state index contributed by atoms with van der Waals surface area (Å²) < 4.78 is 17.5. The Balaban J connectivity index is 2.57. The van der Waals surface area contributed by atoms with Crippen molar-refractivity contribution in [2.75, 3.05) is 7.11 Å². The first kappa shape index (κ1) is 24.2. The van der Waals surface area contributed by atoms with E-state index in [1.54, 1.807) is 0 Å². The maximum Gasteiger partial charge on any atom is 0.351 e. The Morgan fingerprint density at radius 1 is 1.03 bits per heavy atom. The average Bonchev–Trinajstić information content (AvgIpc) is 2.70. The van der Waals surface area contributed by atoms with Crippen LogP contribution in [-0.2, 0) is 32.4 Å². The Morgan fingerprint density at radius 2 is 1.70 bits per heavy atom. The lowest BCUT2D eigenvalue weighted by molar-refractivity contribution is -0.149. The Labute approximate surface area is 183 Å². The van der Waals surface area contributed by atoms with E-state index in [9.17, 15) is 4.79 Å². The maximum atomic E-state index is 12.5. The van der Waals surface area contributed by atoms with Crippen LogP contribution in [0.5, 0.6) is 5.75 Å². The minimum atomic E-state index is -1.19. The average molecular weight is 429 g/mol. The zero-order valence-corrected chi connectivity index (χ0v) is 20.6. The number of esters is 1. The van der Waals surface area contributed by atoms with Gasteiger partial charge in [-0.2, -0.15) is 0 Å². The molecule has 0 bridgehead atoms. The normalized spacial score (nSPS) is 12.7. The molecule has 0 aliphatic heterocycles. The number of ether oxygens (including phenoxy) is 2. The number of rotatable bonds is 9. The van der Waals surface area contributed by atoms with Crippen LogP contribution < -0.4 is 4.74 Å². The largest absolute Gasteiger partial charge is 0.474 e. The molecular weight excluding hydrogens is 392 g/mol. The molecule has 0 aromatic heterocycles. The maximum absolute atomic E-state index is 12.5. The standard InChI is InChI=1S/C25H36O4Si/c1-8-12-19-20(17-28-30(6)7)21(25(2,3)4)15-16-22(19)29-23(24(26)27-5)18-13-10-9-11-14-18/h9-11,13-16,23,30H,8,12,17H2,1-7H3. The molecule has 0 amide bonds. The topological polar surface area (TPSA) is 44.8 Å². The highest BCUT2D eigenvalue weighted by Gasteiger charge is 2.27. The van der Waals surface area contributed by atoms with E-state index in [1.165, 1.54) is 18.2 Å². The van der Waals surface area contributed by atoms with Crippen molar-refractivity contribution >= 4 is 15.0 Å². The molecule has 0 N–H and O–H groups in total. The molecule has 164 valence electrons. The fourth-order valence-electron chi connectivity index (χ4n) is 3.54. The highest BCUT2D eigenvalue weighted by molar-refractivity contribution is 6.48. The summed E-state index contributed by atoms with van der Waals surface area (Å²) in [6.45, 7) is 13.8. The van der Waals surface area contributed by atoms with Gasteiger partial charge in [0.05, 0.1) is 13.7 Å².